The van der Waals surface area contributed by atoms with E-state index in [2.05, 4.69) is 43.0 Å². The lowest BCUT2D eigenvalue weighted by Gasteiger charge is -2.28. The van der Waals surface area contributed by atoms with Gasteiger partial charge in [-0.2, -0.15) is 12.6 Å². The SMILES string of the molecule is S[C@@H]1CCCC[C@H]1c1ccccc1. The zero-order chi connectivity index (χ0) is 9.10. The van der Waals surface area contributed by atoms with Crippen LogP contribution in [0.4, 0.5) is 0 Å². The minimum atomic E-state index is 0.580. The van der Waals surface area contributed by atoms with Crippen LogP contribution in [0.15, 0.2) is 30.3 Å². The molecular formula is C12H16S. The minimum absolute atomic E-state index is 0.580. The third-order valence-electron chi connectivity index (χ3n) is 2.96. The maximum absolute atomic E-state index is 4.67. The largest absolute Gasteiger partial charge is 0.175 e. The van der Waals surface area contributed by atoms with Gasteiger partial charge in [0.1, 0.15) is 0 Å². The van der Waals surface area contributed by atoms with Gasteiger partial charge in [0.2, 0.25) is 0 Å². The summed E-state index contributed by atoms with van der Waals surface area (Å²) in [7, 11) is 0. The summed E-state index contributed by atoms with van der Waals surface area (Å²) in [5.74, 6) is 0.693. The van der Waals surface area contributed by atoms with Crippen LogP contribution in [0.5, 0.6) is 0 Å². The van der Waals surface area contributed by atoms with E-state index in [4.69, 9.17) is 0 Å². The first-order valence-electron chi connectivity index (χ1n) is 5.11. The third-order valence-corrected chi connectivity index (χ3v) is 3.58. The zero-order valence-electron chi connectivity index (χ0n) is 7.82. The predicted octanol–water partition coefficient (Wildman–Crippen LogP) is 3.64. The number of thiol groups is 1. The maximum Gasteiger partial charge on any atom is 0.00855 e. The van der Waals surface area contributed by atoms with Crippen molar-refractivity contribution in [3.8, 4) is 0 Å². The van der Waals surface area contributed by atoms with E-state index in [0.717, 1.165) is 0 Å². The van der Waals surface area contributed by atoms with Gasteiger partial charge < -0.3 is 0 Å². The normalized spacial score (nSPS) is 28.7. The molecule has 0 amide bonds. The molecule has 0 N–H and O–H groups in total. The minimum Gasteiger partial charge on any atom is -0.175 e. The molecule has 0 bridgehead atoms. The summed E-state index contributed by atoms with van der Waals surface area (Å²) in [6.07, 6.45) is 5.33. The lowest BCUT2D eigenvalue weighted by Crippen LogP contribution is -2.17. The van der Waals surface area contributed by atoms with E-state index >= 15 is 0 Å². The molecular weight excluding hydrogens is 176 g/mol. The van der Waals surface area contributed by atoms with Crippen LogP contribution < -0.4 is 0 Å². The van der Waals surface area contributed by atoms with Crippen molar-refractivity contribution in [1.29, 1.82) is 0 Å². The Morgan fingerprint density at radius 3 is 2.38 bits per heavy atom. The lowest BCUT2D eigenvalue weighted by molar-refractivity contribution is 0.457. The highest BCUT2D eigenvalue weighted by Crippen LogP contribution is 2.35. The summed E-state index contributed by atoms with van der Waals surface area (Å²) in [5, 5.41) is 0.580. The van der Waals surface area contributed by atoms with E-state index in [0.29, 0.717) is 11.2 Å². The van der Waals surface area contributed by atoms with Gasteiger partial charge in [-0.25, -0.2) is 0 Å². The summed E-state index contributed by atoms with van der Waals surface area (Å²) in [5.41, 5.74) is 1.47. The Balaban J connectivity index is 2.15. The van der Waals surface area contributed by atoms with Gasteiger partial charge in [-0.1, -0.05) is 43.2 Å². The van der Waals surface area contributed by atoms with Crippen LogP contribution in [0, 0.1) is 0 Å². The first-order chi connectivity index (χ1) is 6.38. The van der Waals surface area contributed by atoms with Crippen LogP contribution in [-0.4, -0.2) is 5.25 Å². The maximum atomic E-state index is 4.67. The molecule has 1 heteroatoms. The third kappa shape index (κ3) is 2.08. The summed E-state index contributed by atoms with van der Waals surface area (Å²) in [6.45, 7) is 0. The Labute approximate surface area is 85.8 Å². The van der Waals surface area contributed by atoms with Gasteiger partial charge >= 0.3 is 0 Å². The Hall–Kier alpha value is -0.430. The molecule has 0 heterocycles. The van der Waals surface area contributed by atoms with Gasteiger partial charge in [-0.05, 0) is 24.3 Å². The van der Waals surface area contributed by atoms with Crippen LogP contribution in [0.25, 0.3) is 0 Å². The second kappa shape index (κ2) is 4.19. The molecule has 13 heavy (non-hydrogen) atoms. The van der Waals surface area contributed by atoms with E-state index in [1.54, 1.807) is 0 Å². The van der Waals surface area contributed by atoms with Gasteiger partial charge in [0.15, 0.2) is 0 Å². The molecule has 0 saturated heterocycles. The molecule has 1 saturated carbocycles. The van der Waals surface area contributed by atoms with Crippen molar-refractivity contribution in [3.63, 3.8) is 0 Å². The summed E-state index contributed by atoms with van der Waals surface area (Å²) in [4.78, 5) is 0. The summed E-state index contributed by atoms with van der Waals surface area (Å²) < 4.78 is 0. The topological polar surface area (TPSA) is 0 Å². The molecule has 2 atom stereocenters. The first-order valence-corrected chi connectivity index (χ1v) is 5.62. The molecule has 0 radical (unpaired) electrons. The van der Waals surface area contributed by atoms with Crippen LogP contribution in [-0.2, 0) is 0 Å². The highest BCUT2D eigenvalue weighted by Gasteiger charge is 2.22. The number of hydrogen-bond donors (Lipinski definition) is 1. The van der Waals surface area contributed by atoms with Crippen LogP contribution in [0.2, 0.25) is 0 Å². The lowest BCUT2D eigenvalue weighted by atomic mass is 9.84. The van der Waals surface area contributed by atoms with Crippen LogP contribution in [0.1, 0.15) is 37.2 Å². The Kier molecular flexibility index (Phi) is 2.94. The second-order valence-electron chi connectivity index (χ2n) is 3.87. The van der Waals surface area contributed by atoms with E-state index in [-0.39, 0.29) is 0 Å². The highest BCUT2D eigenvalue weighted by molar-refractivity contribution is 7.81. The highest BCUT2D eigenvalue weighted by atomic mass is 32.1. The Morgan fingerprint density at radius 2 is 1.69 bits per heavy atom. The van der Waals surface area contributed by atoms with E-state index in [1.807, 2.05) is 0 Å². The van der Waals surface area contributed by atoms with Crippen LogP contribution >= 0.6 is 12.6 Å². The molecule has 0 nitrogen and oxygen atoms in total. The first kappa shape index (κ1) is 9.14. The summed E-state index contributed by atoms with van der Waals surface area (Å²) >= 11 is 4.67. The zero-order valence-corrected chi connectivity index (χ0v) is 8.71. The van der Waals surface area contributed by atoms with Gasteiger partial charge in [0.05, 0.1) is 0 Å². The average Bonchev–Trinajstić information content (AvgIpc) is 2.20. The van der Waals surface area contributed by atoms with E-state index in [9.17, 15) is 0 Å². The second-order valence-corrected chi connectivity index (χ2v) is 4.53. The van der Waals surface area contributed by atoms with Crippen molar-refractivity contribution in [2.75, 3.05) is 0 Å². The molecule has 70 valence electrons. The van der Waals surface area contributed by atoms with Crippen LogP contribution in [0.3, 0.4) is 0 Å². The molecule has 0 aromatic heterocycles. The van der Waals surface area contributed by atoms with Gasteiger partial charge in [0, 0.05) is 5.25 Å². The number of hydrogen-bond acceptors (Lipinski definition) is 1. The molecule has 1 aromatic rings. The van der Waals surface area contributed by atoms with Crippen molar-refractivity contribution in [1.82, 2.24) is 0 Å². The number of rotatable bonds is 1. The fourth-order valence-electron chi connectivity index (χ4n) is 2.20. The van der Waals surface area contributed by atoms with Crippen molar-refractivity contribution < 1.29 is 0 Å². The van der Waals surface area contributed by atoms with Gasteiger partial charge in [0.25, 0.3) is 0 Å². The monoisotopic (exact) mass is 192 g/mol. The molecule has 2 rings (SSSR count). The predicted molar refractivity (Wildman–Crippen MR) is 60.4 cm³/mol. The Bertz CT molecular complexity index is 255. The average molecular weight is 192 g/mol. The van der Waals surface area contributed by atoms with Crippen molar-refractivity contribution in [2.24, 2.45) is 0 Å². The van der Waals surface area contributed by atoms with E-state index < -0.39 is 0 Å². The Morgan fingerprint density at radius 1 is 1.00 bits per heavy atom. The smallest absolute Gasteiger partial charge is 0.00855 e. The molecule has 1 aliphatic rings. The fraction of sp³-hybridized carbons (Fsp3) is 0.500. The molecule has 0 unspecified atom stereocenters. The number of benzene rings is 1. The fourth-order valence-corrected chi connectivity index (χ4v) is 2.70. The summed E-state index contributed by atoms with van der Waals surface area (Å²) in [6, 6.07) is 10.8. The molecule has 1 fully saturated rings. The molecule has 0 spiro atoms. The van der Waals surface area contributed by atoms with Gasteiger partial charge in [-0.15, -0.1) is 0 Å². The quantitative estimate of drug-likeness (QED) is 0.645. The van der Waals surface area contributed by atoms with Crippen molar-refractivity contribution >= 4 is 12.6 Å². The van der Waals surface area contributed by atoms with Crippen molar-refractivity contribution in [2.45, 2.75) is 36.9 Å². The standard InChI is InChI=1S/C12H16S/c13-12-9-5-4-8-11(12)10-6-2-1-3-7-10/h1-3,6-7,11-13H,4-5,8-9H2/t11-,12+/m0/s1. The molecule has 1 aliphatic carbocycles. The van der Waals surface area contributed by atoms with E-state index in [1.165, 1.54) is 31.2 Å². The molecule has 0 aliphatic heterocycles. The molecule has 1 aromatic carbocycles. The van der Waals surface area contributed by atoms with Crippen molar-refractivity contribution in [3.05, 3.63) is 35.9 Å². The van der Waals surface area contributed by atoms with Gasteiger partial charge in [-0.3, -0.25) is 0 Å².